The number of rotatable bonds is 7. The second kappa shape index (κ2) is 10.7. The van der Waals surface area contributed by atoms with Crippen molar-refractivity contribution < 1.29 is 4.79 Å². The highest BCUT2D eigenvalue weighted by molar-refractivity contribution is 5.85. The first kappa shape index (κ1) is 24.0. The molecule has 1 unspecified atom stereocenters. The van der Waals surface area contributed by atoms with Gasteiger partial charge in [0, 0.05) is 12.1 Å². The summed E-state index contributed by atoms with van der Waals surface area (Å²) in [5.41, 5.74) is 5.89. The summed E-state index contributed by atoms with van der Waals surface area (Å²) in [6.45, 7) is 8.78. The maximum atomic E-state index is 12.1. The number of likely N-dealkylation sites (N-methyl/N-ethyl adjacent to an activating group) is 1. The largest absolute Gasteiger partial charge is 0.353 e. The van der Waals surface area contributed by atoms with Crippen molar-refractivity contribution in [1.82, 2.24) is 10.2 Å². The fourth-order valence-electron chi connectivity index (χ4n) is 2.00. The summed E-state index contributed by atoms with van der Waals surface area (Å²) >= 11 is 0. The van der Waals surface area contributed by atoms with Gasteiger partial charge in [-0.25, -0.2) is 0 Å². The van der Waals surface area contributed by atoms with Gasteiger partial charge in [0.1, 0.15) is 0 Å². The lowest BCUT2D eigenvalue weighted by atomic mass is 9.93. The normalized spacial score (nSPS) is 12.7. The summed E-state index contributed by atoms with van der Waals surface area (Å²) in [5, 5.41) is 2.98. The number of halogens is 2. The van der Waals surface area contributed by atoms with Crippen LogP contribution in [0, 0.1) is 5.92 Å². The van der Waals surface area contributed by atoms with Crippen LogP contribution in [0.3, 0.4) is 0 Å². The minimum Gasteiger partial charge on any atom is -0.353 e. The molecule has 0 aliphatic carbocycles. The number of hydrogen-bond donors (Lipinski definition) is 2. The topological polar surface area (TPSA) is 58.4 Å². The average Bonchev–Trinajstić information content (AvgIpc) is 2.25. The zero-order valence-corrected chi connectivity index (χ0v) is 14.7. The highest BCUT2D eigenvalue weighted by atomic mass is 35.5. The lowest BCUT2D eigenvalue weighted by Gasteiger charge is -2.31. The maximum Gasteiger partial charge on any atom is 0.237 e. The molecule has 0 aliphatic rings. The van der Waals surface area contributed by atoms with Crippen LogP contribution < -0.4 is 11.1 Å². The molecule has 0 rings (SSSR count). The third-order valence-corrected chi connectivity index (χ3v) is 3.48. The molecular formula is C13H31Cl2N3O. The lowest BCUT2D eigenvalue weighted by molar-refractivity contribution is -0.127. The molecule has 0 fully saturated rings. The zero-order chi connectivity index (χ0) is 13.6. The van der Waals surface area contributed by atoms with Gasteiger partial charge in [-0.05, 0) is 32.9 Å². The number of nitrogens with one attached hydrogen (secondary N) is 1. The molecule has 0 spiro atoms. The van der Waals surface area contributed by atoms with E-state index in [0.29, 0.717) is 12.5 Å². The molecule has 1 atom stereocenters. The second-order valence-corrected chi connectivity index (χ2v) is 5.44. The Morgan fingerprint density at radius 1 is 1.21 bits per heavy atom. The van der Waals surface area contributed by atoms with Gasteiger partial charge in [-0.1, -0.05) is 27.7 Å². The minimum absolute atomic E-state index is 0. The third kappa shape index (κ3) is 7.98. The average molecular weight is 316 g/mol. The van der Waals surface area contributed by atoms with Crippen LogP contribution in [0.15, 0.2) is 0 Å². The van der Waals surface area contributed by atoms with Gasteiger partial charge in [0.05, 0.1) is 6.04 Å². The number of amides is 1. The van der Waals surface area contributed by atoms with Crippen LogP contribution >= 0.6 is 24.8 Å². The first-order valence-corrected chi connectivity index (χ1v) is 6.50. The van der Waals surface area contributed by atoms with Crippen LogP contribution in [0.5, 0.6) is 0 Å². The highest BCUT2D eigenvalue weighted by Crippen LogP contribution is 2.11. The number of nitrogens with two attached hydrogens (primary N) is 1. The third-order valence-electron chi connectivity index (χ3n) is 3.48. The van der Waals surface area contributed by atoms with Crippen molar-refractivity contribution in [3.8, 4) is 0 Å². The van der Waals surface area contributed by atoms with Crippen molar-refractivity contribution in [3.63, 3.8) is 0 Å². The Morgan fingerprint density at radius 3 is 1.89 bits per heavy atom. The summed E-state index contributed by atoms with van der Waals surface area (Å²) in [6, 6.07) is -0.0898. The Morgan fingerprint density at radius 2 is 1.63 bits per heavy atom. The quantitative estimate of drug-likeness (QED) is 0.756. The van der Waals surface area contributed by atoms with Crippen LogP contribution in [0.25, 0.3) is 0 Å². The van der Waals surface area contributed by atoms with Crippen molar-refractivity contribution in [1.29, 1.82) is 0 Å². The van der Waals surface area contributed by atoms with Gasteiger partial charge in [0.25, 0.3) is 0 Å². The van der Waals surface area contributed by atoms with Crippen molar-refractivity contribution in [2.45, 2.75) is 52.1 Å². The van der Waals surface area contributed by atoms with E-state index in [1.807, 2.05) is 19.0 Å². The number of nitrogens with zero attached hydrogens (tertiary/aromatic N) is 1. The monoisotopic (exact) mass is 315 g/mol. The Labute approximate surface area is 130 Å². The first-order chi connectivity index (χ1) is 7.77. The molecule has 6 heteroatoms. The molecule has 0 heterocycles. The number of carbonyl (C=O) groups is 1. The summed E-state index contributed by atoms with van der Waals surface area (Å²) < 4.78 is 0. The van der Waals surface area contributed by atoms with Gasteiger partial charge in [0.15, 0.2) is 0 Å². The molecule has 4 nitrogen and oxygen atoms in total. The molecule has 3 N–H and O–H groups in total. The smallest absolute Gasteiger partial charge is 0.237 e. The van der Waals surface area contributed by atoms with Gasteiger partial charge in [-0.3, -0.25) is 9.69 Å². The molecule has 0 saturated heterocycles. The van der Waals surface area contributed by atoms with E-state index in [-0.39, 0.29) is 42.3 Å². The second-order valence-electron chi connectivity index (χ2n) is 5.44. The minimum atomic E-state index is -0.274. The van der Waals surface area contributed by atoms with Crippen LogP contribution in [-0.4, -0.2) is 43.0 Å². The van der Waals surface area contributed by atoms with Crippen molar-refractivity contribution in [2.75, 3.05) is 20.6 Å². The fourth-order valence-corrected chi connectivity index (χ4v) is 2.00. The first-order valence-electron chi connectivity index (χ1n) is 6.50. The predicted molar refractivity (Wildman–Crippen MR) is 87.3 cm³/mol. The molecular weight excluding hydrogens is 285 g/mol. The highest BCUT2D eigenvalue weighted by Gasteiger charge is 2.27. The molecule has 0 saturated carbocycles. The van der Waals surface area contributed by atoms with E-state index < -0.39 is 0 Å². The van der Waals surface area contributed by atoms with Crippen LogP contribution in [0.2, 0.25) is 0 Å². The van der Waals surface area contributed by atoms with Crippen LogP contribution in [0.4, 0.5) is 0 Å². The lowest BCUT2D eigenvalue weighted by Crippen LogP contribution is -2.54. The van der Waals surface area contributed by atoms with Crippen molar-refractivity contribution in [2.24, 2.45) is 11.7 Å². The molecule has 0 aromatic heterocycles. The SMILES string of the molecule is CCC(N)(CC)CNC(=O)C(C(C)C)N(C)C.Cl.Cl. The number of carbonyl (C=O) groups excluding carboxylic acids is 1. The van der Waals surface area contributed by atoms with E-state index in [0.717, 1.165) is 12.8 Å². The van der Waals surface area contributed by atoms with Crippen molar-refractivity contribution in [3.05, 3.63) is 0 Å². The van der Waals surface area contributed by atoms with E-state index in [1.54, 1.807) is 0 Å². The van der Waals surface area contributed by atoms with Crippen LogP contribution in [0.1, 0.15) is 40.5 Å². The summed E-state index contributed by atoms with van der Waals surface area (Å²) in [4.78, 5) is 14.1. The van der Waals surface area contributed by atoms with E-state index in [2.05, 4.69) is 33.0 Å². The predicted octanol–water partition coefficient (Wildman–Crippen LogP) is 2.05. The van der Waals surface area contributed by atoms with Gasteiger partial charge >= 0.3 is 0 Å². The Bertz CT molecular complexity index is 236. The molecule has 118 valence electrons. The number of hydrogen-bond acceptors (Lipinski definition) is 3. The molecule has 0 aromatic carbocycles. The Hall–Kier alpha value is -0.0300. The summed E-state index contributed by atoms with van der Waals surface area (Å²) in [5.74, 6) is 0.363. The van der Waals surface area contributed by atoms with Gasteiger partial charge in [-0.2, -0.15) is 0 Å². The zero-order valence-electron chi connectivity index (χ0n) is 13.0. The molecule has 0 bridgehead atoms. The Balaban J connectivity index is -0.00000128. The van der Waals surface area contributed by atoms with Gasteiger partial charge < -0.3 is 11.1 Å². The van der Waals surface area contributed by atoms with E-state index in [9.17, 15) is 4.79 Å². The standard InChI is InChI=1S/C13H29N3O.2ClH/c1-7-13(14,8-2)9-15-12(17)11(10(3)4)16(5)6;;/h10-11H,7-9,14H2,1-6H3,(H,15,17);2*1H. The molecule has 19 heavy (non-hydrogen) atoms. The van der Waals surface area contributed by atoms with Gasteiger partial charge in [0.2, 0.25) is 5.91 Å². The van der Waals surface area contributed by atoms with E-state index >= 15 is 0 Å². The Kier molecular flexibility index (Phi) is 13.6. The molecule has 0 aliphatic heterocycles. The molecule has 0 aromatic rings. The van der Waals surface area contributed by atoms with Crippen molar-refractivity contribution >= 4 is 30.7 Å². The van der Waals surface area contributed by atoms with E-state index in [4.69, 9.17) is 5.73 Å². The van der Waals surface area contributed by atoms with E-state index in [1.165, 1.54) is 0 Å². The molecule has 1 amide bonds. The summed E-state index contributed by atoms with van der Waals surface area (Å²) in [7, 11) is 3.86. The van der Waals surface area contributed by atoms with Crippen LogP contribution in [-0.2, 0) is 4.79 Å². The maximum absolute atomic E-state index is 12.1. The van der Waals surface area contributed by atoms with Gasteiger partial charge in [-0.15, -0.1) is 24.8 Å². The molecule has 0 radical (unpaired) electrons. The fraction of sp³-hybridized carbons (Fsp3) is 0.923. The summed E-state index contributed by atoms with van der Waals surface area (Å²) in [6.07, 6.45) is 1.75.